The van der Waals surface area contributed by atoms with Crippen molar-refractivity contribution < 1.29 is 68.7 Å². The van der Waals surface area contributed by atoms with Crippen molar-refractivity contribution in [1.82, 2.24) is 5.06 Å². The number of hydroxylamine groups is 2. The molecule has 0 aromatic carbocycles. The van der Waals surface area contributed by atoms with Crippen LogP contribution in [-0.2, 0) is 14.4 Å². The quantitative estimate of drug-likeness (QED) is 0.266. The largest absolute Gasteiger partial charge is 2.00 e. The Bertz CT molecular complexity index is 218. The third-order valence-corrected chi connectivity index (χ3v) is 0.752. The second-order valence-electron chi connectivity index (χ2n) is 2.89. The van der Waals surface area contributed by atoms with Crippen LogP contribution in [0.1, 0.15) is 32.0 Å². The van der Waals surface area contributed by atoms with Gasteiger partial charge in [0.25, 0.3) is 17.9 Å². The summed E-state index contributed by atoms with van der Waals surface area (Å²) in [4.78, 5) is 27.0. The molecule has 122 valence electrons. The Hall–Kier alpha value is 0.0562. The van der Waals surface area contributed by atoms with E-state index in [1.165, 1.54) is 5.06 Å². The van der Waals surface area contributed by atoms with Gasteiger partial charge in [0.2, 0.25) is 0 Å². The first-order valence-corrected chi connectivity index (χ1v) is 5.23. The predicted octanol–water partition coefficient (Wildman–Crippen LogP) is -3.11. The van der Waals surface area contributed by atoms with Gasteiger partial charge in [0.1, 0.15) is 0 Å². The summed E-state index contributed by atoms with van der Waals surface area (Å²) < 4.78 is 0. The number of likely N-dealkylation sites (N-methyl/N-ethyl adjacent to an activating group) is 1. The molecule has 0 heterocycles. The van der Waals surface area contributed by atoms with E-state index < -0.39 is 17.9 Å². The first-order valence-electron chi connectivity index (χ1n) is 5.23. The van der Waals surface area contributed by atoms with E-state index in [1.54, 1.807) is 0 Å². The van der Waals surface area contributed by atoms with E-state index in [-0.39, 0.29) is 56.9 Å². The van der Waals surface area contributed by atoms with Crippen LogP contribution < -0.4 is 35.3 Å². The zero-order valence-corrected chi connectivity index (χ0v) is 16.8. The molecule has 0 radical (unpaired) electrons. The van der Waals surface area contributed by atoms with Crippen molar-refractivity contribution in [2.75, 3.05) is 19.6 Å². The fourth-order valence-electron chi connectivity index (χ4n) is 0.307. The number of carboxylic acid groups (broad SMARTS) is 3. The molecule has 21 heavy (non-hydrogen) atoms. The molecule has 11 heteroatoms. The predicted molar refractivity (Wildman–Crippen MR) is 77.1 cm³/mol. The Morgan fingerprint density at radius 1 is 1.00 bits per heavy atom. The van der Waals surface area contributed by atoms with Crippen molar-refractivity contribution in [2.24, 2.45) is 5.73 Å². The number of hydrogen-bond donors (Lipinski definition) is 5. The second kappa shape index (κ2) is 32.1. The topological polar surface area (TPSA) is 161 Å². The average Bonchev–Trinajstić information content (AvgIpc) is 2.15. The number of carboxylic acids is 3. The number of nitrogens with two attached hydrogens (primary N) is 1. The minimum atomic E-state index is -0.833. The molecular formula is C10H27MgN2NaO7. The van der Waals surface area contributed by atoms with Crippen molar-refractivity contribution in [3.63, 3.8) is 0 Å². The van der Waals surface area contributed by atoms with E-state index in [4.69, 9.17) is 40.6 Å². The van der Waals surface area contributed by atoms with Gasteiger partial charge in [0.05, 0.1) is 0 Å². The van der Waals surface area contributed by atoms with Crippen LogP contribution in [0.4, 0.5) is 0 Å². The summed E-state index contributed by atoms with van der Waals surface area (Å²) >= 11 is 0. The van der Waals surface area contributed by atoms with E-state index >= 15 is 0 Å². The van der Waals surface area contributed by atoms with E-state index in [0.29, 0.717) is 19.6 Å². The molecule has 0 saturated carbocycles. The van der Waals surface area contributed by atoms with Gasteiger partial charge in [-0.15, -0.1) is 0 Å². The summed E-state index contributed by atoms with van der Waals surface area (Å²) in [6.45, 7) is 6.85. The first kappa shape index (κ1) is 37.4. The normalized spacial score (nSPS) is 7.00. The second-order valence-corrected chi connectivity index (χ2v) is 2.89. The molecular weight excluding hydrogens is 307 g/mol. The van der Waals surface area contributed by atoms with Gasteiger partial charge >= 0.3 is 52.6 Å². The van der Waals surface area contributed by atoms with Crippen LogP contribution in [0, 0.1) is 0 Å². The third-order valence-electron chi connectivity index (χ3n) is 0.752. The number of aliphatic carboxylic acids is 3. The van der Waals surface area contributed by atoms with Gasteiger partial charge < -0.3 is 30.5 Å². The van der Waals surface area contributed by atoms with Gasteiger partial charge in [0.15, 0.2) is 0 Å². The molecule has 0 saturated heterocycles. The summed E-state index contributed by atoms with van der Waals surface area (Å²) in [7, 11) is 0. The van der Waals surface area contributed by atoms with Crippen molar-refractivity contribution in [2.45, 2.75) is 27.7 Å². The van der Waals surface area contributed by atoms with Crippen LogP contribution in [0.2, 0.25) is 0 Å². The SMILES string of the molecule is CC(=O)O.CC(=O)O.CC(=O)O.CCN(O)CCN.[H-].[H-].[H-].[Mg+2].[Na+]. The Labute approximate surface area is 167 Å². The zero-order valence-electron chi connectivity index (χ0n) is 16.4. The van der Waals surface area contributed by atoms with E-state index in [2.05, 4.69) is 0 Å². The first-order chi connectivity index (χ1) is 8.50. The van der Waals surface area contributed by atoms with E-state index in [0.717, 1.165) is 20.8 Å². The monoisotopic (exact) mass is 334 g/mol. The number of hydrogen-bond acceptors (Lipinski definition) is 6. The fraction of sp³-hybridized carbons (Fsp3) is 0.700. The van der Waals surface area contributed by atoms with Crippen molar-refractivity contribution in [1.29, 1.82) is 0 Å². The summed E-state index contributed by atoms with van der Waals surface area (Å²) in [5.41, 5.74) is 5.10. The summed E-state index contributed by atoms with van der Waals surface area (Å²) in [5.74, 6) is -2.50. The maximum absolute atomic E-state index is 9.00. The van der Waals surface area contributed by atoms with Gasteiger partial charge in [-0.1, -0.05) is 6.92 Å². The zero-order chi connectivity index (χ0) is 16.4. The van der Waals surface area contributed by atoms with Crippen molar-refractivity contribution in [3.8, 4) is 0 Å². The van der Waals surface area contributed by atoms with Crippen molar-refractivity contribution >= 4 is 41.0 Å². The molecule has 0 spiro atoms. The molecule has 0 aromatic rings. The summed E-state index contributed by atoms with van der Waals surface area (Å²) in [6, 6.07) is 0. The van der Waals surface area contributed by atoms with Gasteiger partial charge in [-0.05, 0) is 0 Å². The molecule has 0 aromatic heterocycles. The van der Waals surface area contributed by atoms with E-state index in [9.17, 15) is 0 Å². The Balaban J connectivity index is -0.0000000172. The third kappa shape index (κ3) is 256. The van der Waals surface area contributed by atoms with Crippen LogP contribution >= 0.6 is 0 Å². The molecule has 0 fully saturated rings. The van der Waals surface area contributed by atoms with Crippen LogP contribution in [0.5, 0.6) is 0 Å². The molecule has 0 bridgehead atoms. The molecule has 0 unspecified atom stereocenters. The van der Waals surface area contributed by atoms with Crippen LogP contribution in [0.3, 0.4) is 0 Å². The summed E-state index contributed by atoms with van der Waals surface area (Å²) in [6.07, 6.45) is 0. The van der Waals surface area contributed by atoms with E-state index in [1.807, 2.05) is 6.92 Å². The van der Waals surface area contributed by atoms with Crippen molar-refractivity contribution in [3.05, 3.63) is 0 Å². The Morgan fingerprint density at radius 2 is 1.19 bits per heavy atom. The van der Waals surface area contributed by atoms with Gasteiger partial charge in [-0.25, -0.2) is 0 Å². The Kier molecular flexibility index (Phi) is 57.2. The standard InChI is InChI=1S/C4H12N2O.3C2H4O2.Mg.Na.3H/c1-2-6(7)4-3-5;3*1-2(3)4;;;;;/h7H,2-5H2,1H3;3*1H3,(H,3,4);;;;;/q;;;;+2;+1;3*-1. The van der Waals surface area contributed by atoms with Gasteiger partial charge in [0, 0.05) is 40.4 Å². The fourth-order valence-corrected chi connectivity index (χ4v) is 0.307. The minimum Gasteiger partial charge on any atom is -1.00 e. The smallest absolute Gasteiger partial charge is 1.00 e. The van der Waals surface area contributed by atoms with Crippen LogP contribution in [0.25, 0.3) is 0 Å². The molecule has 0 amide bonds. The number of rotatable bonds is 3. The molecule has 0 atom stereocenters. The maximum atomic E-state index is 9.00. The van der Waals surface area contributed by atoms with Gasteiger partial charge in [-0.3, -0.25) is 14.4 Å². The Morgan fingerprint density at radius 3 is 1.24 bits per heavy atom. The number of nitrogens with zero attached hydrogens (tertiary/aromatic N) is 1. The minimum absolute atomic E-state index is 0. The molecule has 0 aliphatic rings. The number of carbonyl (C=O) groups is 3. The molecule has 0 rings (SSSR count). The van der Waals surface area contributed by atoms with Crippen LogP contribution in [-0.4, -0.2) is 86.2 Å². The molecule has 0 aliphatic heterocycles. The molecule has 0 aliphatic carbocycles. The molecule has 6 N–H and O–H groups in total. The van der Waals surface area contributed by atoms with Crippen LogP contribution in [0.15, 0.2) is 0 Å². The maximum Gasteiger partial charge on any atom is 2.00 e. The average molecular weight is 335 g/mol. The molecule has 9 nitrogen and oxygen atoms in total. The van der Waals surface area contributed by atoms with Gasteiger partial charge in [-0.2, -0.15) is 5.06 Å². The summed E-state index contributed by atoms with van der Waals surface area (Å²) in [5, 5.41) is 32.0.